The second kappa shape index (κ2) is 11.4. The average Bonchev–Trinajstić information content (AvgIpc) is 3.49. The number of fused-ring (bicyclic) bond motifs is 1. The van der Waals surface area contributed by atoms with Gasteiger partial charge < -0.3 is 19.3 Å². The van der Waals surface area contributed by atoms with Gasteiger partial charge in [0.15, 0.2) is 0 Å². The SMILES string of the molecule is Cc1ccc(OC[C@@H]2c3ccsc3CCN2C(=O)CN(C[C@@H]2CCCO2)C(=O)CC(C)C)cc1. The monoisotopic (exact) mass is 484 g/mol. The molecule has 2 aliphatic heterocycles. The Morgan fingerprint density at radius 3 is 2.74 bits per heavy atom. The highest BCUT2D eigenvalue weighted by atomic mass is 32.1. The Kier molecular flexibility index (Phi) is 8.27. The molecule has 2 aromatic rings. The third-order valence-electron chi connectivity index (χ3n) is 6.55. The van der Waals surface area contributed by atoms with Crippen molar-refractivity contribution in [1.82, 2.24) is 9.80 Å². The highest BCUT2D eigenvalue weighted by Crippen LogP contribution is 2.34. The van der Waals surface area contributed by atoms with Crippen molar-refractivity contribution in [1.29, 1.82) is 0 Å². The maximum atomic E-state index is 13.6. The molecule has 1 saturated heterocycles. The second-order valence-corrected chi connectivity index (χ2v) is 10.8. The lowest BCUT2D eigenvalue weighted by Gasteiger charge is -2.37. The molecular formula is C27H36N2O4S. The van der Waals surface area contributed by atoms with Crippen molar-refractivity contribution in [2.75, 3.05) is 32.8 Å². The number of hydrogen-bond acceptors (Lipinski definition) is 5. The summed E-state index contributed by atoms with van der Waals surface area (Å²) in [5.41, 5.74) is 2.34. The molecule has 0 aliphatic carbocycles. The van der Waals surface area contributed by atoms with Crippen LogP contribution in [0.25, 0.3) is 0 Å². The third kappa shape index (κ3) is 6.19. The van der Waals surface area contributed by atoms with E-state index in [0.29, 0.717) is 26.1 Å². The number of rotatable bonds is 9. The van der Waals surface area contributed by atoms with Crippen molar-refractivity contribution in [2.45, 2.75) is 58.6 Å². The lowest BCUT2D eigenvalue weighted by atomic mass is 10.00. The standard InChI is InChI=1S/C27H36N2O4S/c1-19(2)15-26(30)28(16-22-5-4-13-32-22)17-27(31)29-12-10-25-23(11-14-34-25)24(29)18-33-21-8-6-20(3)7-9-21/h6-9,11,14,19,22,24H,4-5,10,12-13,15-18H2,1-3H3/t22-,24+/m0/s1. The predicted octanol–water partition coefficient (Wildman–Crippen LogP) is 4.62. The Morgan fingerprint density at radius 2 is 2.03 bits per heavy atom. The van der Waals surface area contributed by atoms with Gasteiger partial charge in [-0.1, -0.05) is 31.5 Å². The predicted molar refractivity (Wildman–Crippen MR) is 134 cm³/mol. The fourth-order valence-electron chi connectivity index (χ4n) is 4.71. The minimum Gasteiger partial charge on any atom is -0.491 e. The lowest BCUT2D eigenvalue weighted by Crippen LogP contribution is -2.49. The molecule has 1 aromatic heterocycles. The molecule has 3 heterocycles. The lowest BCUT2D eigenvalue weighted by molar-refractivity contribution is -0.144. The summed E-state index contributed by atoms with van der Waals surface area (Å²) in [4.78, 5) is 31.6. The van der Waals surface area contributed by atoms with Crippen LogP contribution in [0, 0.1) is 12.8 Å². The van der Waals surface area contributed by atoms with Crippen LogP contribution in [0.5, 0.6) is 5.75 Å². The number of amides is 2. The van der Waals surface area contributed by atoms with E-state index in [1.165, 1.54) is 10.4 Å². The number of aryl methyl sites for hydroxylation is 1. The van der Waals surface area contributed by atoms with Crippen molar-refractivity contribution in [2.24, 2.45) is 5.92 Å². The van der Waals surface area contributed by atoms with Crippen LogP contribution in [-0.4, -0.2) is 60.6 Å². The van der Waals surface area contributed by atoms with Crippen LogP contribution in [0.3, 0.4) is 0 Å². The molecule has 0 spiro atoms. The van der Waals surface area contributed by atoms with E-state index < -0.39 is 0 Å². The third-order valence-corrected chi connectivity index (χ3v) is 7.55. The summed E-state index contributed by atoms with van der Waals surface area (Å²) in [6.07, 6.45) is 3.25. The Hall–Kier alpha value is -2.38. The van der Waals surface area contributed by atoms with Gasteiger partial charge in [0.2, 0.25) is 11.8 Å². The highest BCUT2D eigenvalue weighted by Gasteiger charge is 2.34. The van der Waals surface area contributed by atoms with Gasteiger partial charge in [-0.2, -0.15) is 0 Å². The zero-order valence-electron chi connectivity index (χ0n) is 20.5. The van der Waals surface area contributed by atoms with E-state index in [4.69, 9.17) is 9.47 Å². The van der Waals surface area contributed by atoms with Gasteiger partial charge in [-0.15, -0.1) is 11.3 Å². The van der Waals surface area contributed by atoms with Crippen molar-refractivity contribution < 1.29 is 19.1 Å². The molecule has 0 bridgehead atoms. The number of thiophene rings is 1. The van der Waals surface area contributed by atoms with Crippen LogP contribution in [0.15, 0.2) is 35.7 Å². The number of hydrogen-bond donors (Lipinski definition) is 0. The van der Waals surface area contributed by atoms with E-state index in [2.05, 4.69) is 11.4 Å². The van der Waals surface area contributed by atoms with Gasteiger partial charge in [0, 0.05) is 31.0 Å². The first-order valence-corrected chi connectivity index (χ1v) is 13.2. The molecule has 7 heteroatoms. The summed E-state index contributed by atoms with van der Waals surface area (Å²) >= 11 is 1.74. The Balaban J connectivity index is 1.48. The summed E-state index contributed by atoms with van der Waals surface area (Å²) in [6, 6.07) is 9.93. The largest absolute Gasteiger partial charge is 0.491 e. The van der Waals surface area contributed by atoms with E-state index in [1.807, 2.05) is 49.9 Å². The summed E-state index contributed by atoms with van der Waals surface area (Å²) in [7, 11) is 0. The zero-order chi connectivity index (χ0) is 24.1. The number of ether oxygens (including phenoxy) is 2. The van der Waals surface area contributed by atoms with Crippen LogP contribution < -0.4 is 4.74 Å². The summed E-state index contributed by atoms with van der Waals surface area (Å²) in [6.45, 7) is 8.45. The first-order chi connectivity index (χ1) is 16.4. The molecule has 184 valence electrons. The minimum atomic E-state index is -0.159. The molecule has 6 nitrogen and oxygen atoms in total. The molecule has 0 saturated carbocycles. The van der Waals surface area contributed by atoms with Crippen molar-refractivity contribution in [3.63, 3.8) is 0 Å². The van der Waals surface area contributed by atoms with Gasteiger partial charge in [0.1, 0.15) is 12.4 Å². The first-order valence-electron chi connectivity index (χ1n) is 12.3. The Labute approximate surface area is 206 Å². The maximum Gasteiger partial charge on any atom is 0.242 e. The van der Waals surface area contributed by atoms with Crippen LogP contribution in [0.4, 0.5) is 0 Å². The maximum absolute atomic E-state index is 13.6. The molecule has 0 unspecified atom stereocenters. The zero-order valence-corrected chi connectivity index (χ0v) is 21.3. The average molecular weight is 485 g/mol. The number of benzene rings is 1. The van der Waals surface area contributed by atoms with Gasteiger partial charge >= 0.3 is 0 Å². The molecule has 1 aromatic carbocycles. The normalized spacial score (nSPS) is 19.8. The van der Waals surface area contributed by atoms with Crippen molar-refractivity contribution >= 4 is 23.2 Å². The Morgan fingerprint density at radius 1 is 1.24 bits per heavy atom. The molecule has 2 atom stereocenters. The van der Waals surface area contributed by atoms with Crippen LogP contribution in [0.2, 0.25) is 0 Å². The van der Waals surface area contributed by atoms with E-state index in [0.717, 1.165) is 37.2 Å². The molecule has 4 rings (SSSR count). The van der Waals surface area contributed by atoms with Crippen LogP contribution in [0.1, 0.15) is 55.2 Å². The van der Waals surface area contributed by atoms with Crippen molar-refractivity contribution in [3.8, 4) is 5.75 Å². The van der Waals surface area contributed by atoms with Gasteiger partial charge in [0.25, 0.3) is 0 Å². The van der Waals surface area contributed by atoms with E-state index in [-0.39, 0.29) is 36.4 Å². The molecule has 0 N–H and O–H groups in total. The van der Waals surface area contributed by atoms with Gasteiger partial charge in [-0.25, -0.2) is 0 Å². The fraction of sp³-hybridized carbons (Fsp3) is 0.556. The van der Waals surface area contributed by atoms with Crippen molar-refractivity contribution in [3.05, 3.63) is 51.7 Å². The number of nitrogens with zero attached hydrogens (tertiary/aromatic N) is 2. The first kappa shape index (κ1) is 24.7. The van der Waals surface area contributed by atoms with Crippen LogP contribution >= 0.6 is 11.3 Å². The highest BCUT2D eigenvalue weighted by molar-refractivity contribution is 7.10. The van der Waals surface area contributed by atoms with E-state index in [1.54, 1.807) is 16.2 Å². The topological polar surface area (TPSA) is 59.1 Å². The summed E-state index contributed by atoms with van der Waals surface area (Å²) < 4.78 is 11.9. The van der Waals surface area contributed by atoms with Gasteiger partial charge in [-0.3, -0.25) is 9.59 Å². The fourth-order valence-corrected chi connectivity index (χ4v) is 5.63. The number of carbonyl (C=O) groups excluding carboxylic acids is 2. The summed E-state index contributed by atoms with van der Waals surface area (Å²) in [5.74, 6) is 1.05. The molecule has 2 aliphatic rings. The van der Waals surface area contributed by atoms with Gasteiger partial charge in [-0.05, 0) is 61.2 Å². The molecule has 0 radical (unpaired) electrons. The second-order valence-electron chi connectivity index (χ2n) is 9.78. The molecule has 1 fully saturated rings. The van der Waals surface area contributed by atoms with Crippen LogP contribution in [-0.2, 0) is 20.7 Å². The number of carbonyl (C=O) groups is 2. The van der Waals surface area contributed by atoms with E-state index in [9.17, 15) is 9.59 Å². The Bertz CT molecular complexity index is 965. The molecule has 2 amide bonds. The smallest absolute Gasteiger partial charge is 0.242 e. The molecule has 34 heavy (non-hydrogen) atoms. The minimum absolute atomic E-state index is 0.0226. The van der Waals surface area contributed by atoms with Gasteiger partial charge in [0.05, 0.1) is 18.7 Å². The quantitative estimate of drug-likeness (QED) is 0.521. The summed E-state index contributed by atoms with van der Waals surface area (Å²) in [5, 5.41) is 2.09. The van der Waals surface area contributed by atoms with E-state index >= 15 is 0 Å². The molecular weight excluding hydrogens is 448 g/mol.